The van der Waals surface area contributed by atoms with E-state index in [2.05, 4.69) is 0 Å². The van der Waals surface area contributed by atoms with Gasteiger partial charge >= 0.3 is 5.03 Å². The van der Waals surface area contributed by atoms with Crippen LogP contribution in [0.4, 0.5) is 0 Å². The van der Waals surface area contributed by atoms with Gasteiger partial charge in [0.1, 0.15) is 0 Å². The minimum atomic E-state index is -3.92. The molecule has 0 fully saturated rings. The number of rotatable bonds is 3. The predicted molar refractivity (Wildman–Crippen MR) is 72.4 cm³/mol. The molecule has 4 nitrogen and oxygen atoms in total. The van der Waals surface area contributed by atoms with Gasteiger partial charge in [0.05, 0.1) is 0 Å². The van der Waals surface area contributed by atoms with Gasteiger partial charge < -0.3 is 5.21 Å². The van der Waals surface area contributed by atoms with E-state index < -0.39 is 14.5 Å². The van der Waals surface area contributed by atoms with E-state index in [0.29, 0.717) is 10.3 Å². The molecular weight excluding hydrogens is 286 g/mol. The van der Waals surface area contributed by atoms with E-state index in [1.807, 2.05) is 13.0 Å². The van der Waals surface area contributed by atoms with Crippen LogP contribution in [0.25, 0.3) is 0 Å². The zero-order valence-electron chi connectivity index (χ0n) is 10.2. The van der Waals surface area contributed by atoms with Crippen LogP contribution in [0.5, 0.6) is 0 Å². The largest absolute Gasteiger partial charge is 0.618 e. The standard InChI is InChI=1S/C13H12ClNO3S/c1-10-5-4-6-11(9-10)13(14)19(17,18)12-7-2-3-8-15(12)16/h2-9,13H,1H3. The summed E-state index contributed by atoms with van der Waals surface area (Å²) in [6.45, 7) is 1.84. The lowest BCUT2D eigenvalue weighted by Gasteiger charge is -2.11. The van der Waals surface area contributed by atoms with Crippen LogP contribution >= 0.6 is 11.6 Å². The Bertz CT molecular complexity index is 701. The molecule has 0 radical (unpaired) electrons. The van der Waals surface area contributed by atoms with Gasteiger partial charge in [0.15, 0.2) is 10.9 Å². The average molecular weight is 298 g/mol. The molecule has 2 aromatic rings. The van der Waals surface area contributed by atoms with Gasteiger partial charge in [0.2, 0.25) is 0 Å². The van der Waals surface area contributed by atoms with Crippen LogP contribution in [0.15, 0.2) is 53.7 Å². The molecule has 0 N–H and O–H groups in total. The Morgan fingerprint density at radius 3 is 2.58 bits per heavy atom. The van der Waals surface area contributed by atoms with Crippen LogP contribution in [0.3, 0.4) is 0 Å². The Morgan fingerprint density at radius 2 is 1.95 bits per heavy atom. The topological polar surface area (TPSA) is 61.1 Å². The number of aryl methyl sites for hydroxylation is 1. The van der Waals surface area contributed by atoms with Crippen molar-refractivity contribution >= 4 is 21.4 Å². The Balaban J connectivity index is 2.49. The predicted octanol–water partition coefficient (Wildman–Crippen LogP) is 2.34. The zero-order valence-corrected chi connectivity index (χ0v) is 11.7. The van der Waals surface area contributed by atoms with Crippen LogP contribution in [-0.2, 0) is 9.84 Å². The highest BCUT2D eigenvalue weighted by Crippen LogP contribution is 2.31. The molecule has 0 saturated carbocycles. The van der Waals surface area contributed by atoms with Crippen LogP contribution in [-0.4, -0.2) is 8.42 Å². The summed E-state index contributed by atoms with van der Waals surface area (Å²) in [7, 11) is -3.92. The number of alkyl halides is 1. The van der Waals surface area contributed by atoms with Crippen LogP contribution in [0.2, 0.25) is 0 Å². The fourth-order valence-corrected chi connectivity index (χ4v) is 3.44. The van der Waals surface area contributed by atoms with Crippen LogP contribution < -0.4 is 4.73 Å². The van der Waals surface area contributed by atoms with Crippen LogP contribution in [0.1, 0.15) is 15.8 Å². The molecule has 1 unspecified atom stereocenters. The molecule has 0 aliphatic carbocycles. The lowest BCUT2D eigenvalue weighted by molar-refractivity contribution is -0.646. The van der Waals surface area contributed by atoms with E-state index in [0.717, 1.165) is 11.8 Å². The fraction of sp³-hybridized carbons (Fsp3) is 0.154. The maximum atomic E-state index is 12.3. The summed E-state index contributed by atoms with van der Waals surface area (Å²) >= 11 is 6.04. The summed E-state index contributed by atoms with van der Waals surface area (Å²) in [5, 5.41) is 11.2. The molecule has 100 valence electrons. The number of benzene rings is 1. The highest BCUT2D eigenvalue weighted by molar-refractivity contribution is 7.92. The van der Waals surface area contributed by atoms with Crippen LogP contribution in [0, 0.1) is 12.1 Å². The number of sulfone groups is 1. The van der Waals surface area contributed by atoms with Gasteiger partial charge in [-0.15, -0.1) is 0 Å². The van der Waals surface area contributed by atoms with Crippen molar-refractivity contribution in [2.45, 2.75) is 16.7 Å². The van der Waals surface area contributed by atoms with Gasteiger partial charge in [-0.3, -0.25) is 0 Å². The Morgan fingerprint density at radius 1 is 1.21 bits per heavy atom. The lowest BCUT2D eigenvalue weighted by atomic mass is 10.2. The molecule has 6 heteroatoms. The molecule has 1 aromatic heterocycles. The molecule has 0 aliphatic heterocycles. The molecular formula is C13H12ClNO3S. The Kier molecular flexibility index (Phi) is 3.78. The summed E-state index contributed by atoms with van der Waals surface area (Å²) < 4.78 is 23.6. The number of aromatic nitrogens is 1. The third-order valence-electron chi connectivity index (χ3n) is 2.66. The summed E-state index contributed by atoms with van der Waals surface area (Å²) in [6, 6.07) is 11.1. The monoisotopic (exact) mass is 297 g/mol. The smallest absolute Gasteiger partial charge is 0.310 e. The highest BCUT2D eigenvalue weighted by Gasteiger charge is 2.33. The number of hydrogen-bond acceptors (Lipinski definition) is 3. The third kappa shape index (κ3) is 2.72. The summed E-state index contributed by atoms with van der Waals surface area (Å²) in [5.41, 5.74) is 1.35. The van der Waals surface area contributed by atoms with Gasteiger partial charge in [0, 0.05) is 12.1 Å². The second-order valence-electron chi connectivity index (χ2n) is 4.14. The van der Waals surface area contributed by atoms with Crippen molar-refractivity contribution in [2.75, 3.05) is 0 Å². The third-order valence-corrected chi connectivity index (χ3v) is 5.33. The van der Waals surface area contributed by atoms with Gasteiger partial charge in [-0.25, -0.2) is 8.42 Å². The molecule has 0 saturated heterocycles. The number of halogens is 1. The molecule has 2 rings (SSSR count). The fourth-order valence-electron chi connectivity index (χ4n) is 1.73. The van der Waals surface area contributed by atoms with Gasteiger partial charge in [-0.05, 0) is 18.6 Å². The van der Waals surface area contributed by atoms with Gasteiger partial charge in [0.25, 0.3) is 9.84 Å². The van der Waals surface area contributed by atoms with E-state index in [1.54, 1.807) is 18.2 Å². The van der Waals surface area contributed by atoms with E-state index in [4.69, 9.17) is 11.6 Å². The number of hydrogen-bond donors (Lipinski definition) is 0. The molecule has 0 aliphatic rings. The SMILES string of the molecule is Cc1cccc(C(Cl)S(=O)(=O)c2cccc[n+]2[O-])c1. The van der Waals surface area contributed by atoms with Crippen molar-refractivity contribution in [1.29, 1.82) is 0 Å². The second-order valence-corrected chi connectivity index (χ2v) is 6.81. The van der Waals surface area contributed by atoms with Crippen molar-refractivity contribution in [3.05, 3.63) is 65.0 Å². The maximum Gasteiger partial charge on any atom is 0.310 e. The minimum absolute atomic E-state index is 0.306. The molecule has 1 atom stereocenters. The number of pyridine rings is 1. The van der Waals surface area contributed by atoms with E-state index in [9.17, 15) is 13.6 Å². The van der Waals surface area contributed by atoms with Crippen molar-refractivity contribution < 1.29 is 13.1 Å². The Hall–Kier alpha value is -1.59. The Labute approximate surface area is 116 Å². The molecule has 1 heterocycles. The summed E-state index contributed by atoms with van der Waals surface area (Å²) in [4.78, 5) is 0. The molecule has 0 amide bonds. The molecule has 0 spiro atoms. The van der Waals surface area contributed by atoms with E-state index in [-0.39, 0.29) is 5.03 Å². The van der Waals surface area contributed by atoms with E-state index in [1.165, 1.54) is 18.2 Å². The number of nitrogens with zero attached hydrogens (tertiary/aromatic N) is 1. The van der Waals surface area contributed by atoms with Crippen molar-refractivity contribution in [2.24, 2.45) is 0 Å². The van der Waals surface area contributed by atoms with E-state index >= 15 is 0 Å². The second kappa shape index (κ2) is 5.19. The zero-order chi connectivity index (χ0) is 14.0. The first kappa shape index (κ1) is 13.8. The van der Waals surface area contributed by atoms with Gasteiger partial charge in [-0.1, -0.05) is 41.4 Å². The average Bonchev–Trinajstić information content (AvgIpc) is 2.38. The molecule has 0 bridgehead atoms. The normalized spacial score (nSPS) is 13.2. The molecule has 19 heavy (non-hydrogen) atoms. The lowest BCUT2D eigenvalue weighted by Crippen LogP contribution is -2.34. The van der Waals surface area contributed by atoms with Crippen molar-refractivity contribution in [3.8, 4) is 0 Å². The minimum Gasteiger partial charge on any atom is -0.618 e. The summed E-state index contributed by atoms with van der Waals surface area (Å²) in [5.74, 6) is 0. The van der Waals surface area contributed by atoms with Crippen molar-refractivity contribution in [3.63, 3.8) is 0 Å². The highest BCUT2D eigenvalue weighted by atomic mass is 35.5. The first-order chi connectivity index (χ1) is 8.93. The molecule has 1 aromatic carbocycles. The maximum absolute atomic E-state index is 12.3. The summed E-state index contributed by atoms with van der Waals surface area (Å²) in [6.07, 6.45) is 1.13. The first-order valence-electron chi connectivity index (χ1n) is 5.55. The quantitative estimate of drug-likeness (QED) is 0.496. The van der Waals surface area contributed by atoms with Crippen molar-refractivity contribution in [1.82, 2.24) is 0 Å². The first-order valence-corrected chi connectivity index (χ1v) is 7.54. The van der Waals surface area contributed by atoms with Gasteiger partial charge in [-0.2, -0.15) is 4.73 Å².